The number of benzene rings is 2. The zero-order valence-electron chi connectivity index (χ0n) is 8.48. The van der Waals surface area contributed by atoms with E-state index in [9.17, 15) is 8.78 Å². The molecular weight excluding hydrogens is 267 g/mol. The summed E-state index contributed by atoms with van der Waals surface area (Å²) in [6, 6.07) is 6.99. The van der Waals surface area contributed by atoms with Gasteiger partial charge in [-0.2, -0.15) is 0 Å². The fourth-order valence-electron chi connectivity index (χ4n) is 1.49. The minimum atomic E-state index is -0.825. The van der Waals surface area contributed by atoms with Crippen LogP contribution in [0.15, 0.2) is 30.3 Å². The highest BCUT2D eigenvalue weighted by Crippen LogP contribution is 2.34. The Balaban J connectivity index is 2.65. The van der Waals surface area contributed by atoms with Gasteiger partial charge in [-0.25, -0.2) is 8.78 Å². The van der Waals surface area contributed by atoms with Gasteiger partial charge in [0, 0.05) is 21.2 Å². The lowest BCUT2D eigenvalue weighted by molar-refractivity contribution is 0.594. The molecule has 0 fully saturated rings. The zero-order valence-corrected chi connectivity index (χ0v) is 9.99. The van der Waals surface area contributed by atoms with Crippen molar-refractivity contribution < 1.29 is 8.78 Å². The summed E-state index contributed by atoms with van der Waals surface area (Å²) >= 11 is 11.7. The molecule has 2 aromatic rings. The molecule has 0 amide bonds. The third-order valence-electron chi connectivity index (χ3n) is 2.35. The number of nitrogen functional groups attached to an aromatic ring is 1. The van der Waals surface area contributed by atoms with Crippen molar-refractivity contribution in [3.05, 3.63) is 52.0 Å². The van der Waals surface area contributed by atoms with E-state index < -0.39 is 17.3 Å². The Morgan fingerprint density at radius 2 is 1.59 bits per heavy atom. The van der Waals surface area contributed by atoms with E-state index in [2.05, 4.69) is 0 Å². The highest BCUT2D eigenvalue weighted by atomic mass is 35.5. The van der Waals surface area contributed by atoms with E-state index in [4.69, 9.17) is 28.9 Å². The van der Waals surface area contributed by atoms with Crippen molar-refractivity contribution in [1.29, 1.82) is 0 Å². The molecule has 0 unspecified atom stereocenters. The van der Waals surface area contributed by atoms with Gasteiger partial charge in [-0.1, -0.05) is 29.3 Å². The Bertz CT molecular complexity index is 585. The molecule has 0 saturated heterocycles. The zero-order chi connectivity index (χ0) is 12.6. The Labute approximate surface area is 107 Å². The summed E-state index contributed by atoms with van der Waals surface area (Å²) in [5.41, 5.74) is 5.32. The van der Waals surface area contributed by atoms with Crippen molar-refractivity contribution in [3.8, 4) is 11.1 Å². The Morgan fingerprint density at radius 1 is 0.941 bits per heavy atom. The fourth-order valence-corrected chi connectivity index (χ4v) is 2.00. The fraction of sp³-hybridized carbons (Fsp3) is 0. The molecule has 0 heterocycles. The lowest BCUT2D eigenvalue weighted by Crippen LogP contribution is -1.97. The topological polar surface area (TPSA) is 26.0 Å². The van der Waals surface area contributed by atoms with E-state index in [-0.39, 0.29) is 10.6 Å². The van der Waals surface area contributed by atoms with Crippen LogP contribution in [-0.4, -0.2) is 0 Å². The van der Waals surface area contributed by atoms with Crippen LogP contribution in [0.1, 0.15) is 0 Å². The van der Waals surface area contributed by atoms with Gasteiger partial charge >= 0.3 is 0 Å². The number of hydrogen-bond donors (Lipinski definition) is 1. The highest BCUT2D eigenvalue weighted by molar-refractivity contribution is 6.36. The van der Waals surface area contributed by atoms with E-state index >= 15 is 0 Å². The normalized spacial score (nSPS) is 10.6. The van der Waals surface area contributed by atoms with Crippen molar-refractivity contribution in [1.82, 2.24) is 0 Å². The van der Waals surface area contributed by atoms with Crippen LogP contribution in [0.2, 0.25) is 10.0 Å². The van der Waals surface area contributed by atoms with Crippen LogP contribution in [0.3, 0.4) is 0 Å². The molecule has 0 spiro atoms. The van der Waals surface area contributed by atoms with Gasteiger partial charge in [-0.3, -0.25) is 0 Å². The minimum absolute atomic E-state index is 0.144. The summed E-state index contributed by atoms with van der Waals surface area (Å²) < 4.78 is 26.8. The average molecular weight is 274 g/mol. The van der Waals surface area contributed by atoms with Crippen molar-refractivity contribution in [2.75, 3.05) is 5.73 Å². The smallest absolute Gasteiger partial charge is 0.156 e. The van der Waals surface area contributed by atoms with Crippen LogP contribution < -0.4 is 5.73 Å². The SMILES string of the molecule is Nc1c(F)ccc(-c2ccc(Cl)cc2Cl)c1F. The average Bonchev–Trinajstić information content (AvgIpc) is 2.28. The predicted molar refractivity (Wildman–Crippen MR) is 66.2 cm³/mol. The molecule has 2 rings (SSSR count). The van der Waals surface area contributed by atoms with Crippen LogP contribution in [0, 0.1) is 11.6 Å². The molecule has 0 bridgehead atoms. The minimum Gasteiger partial charge on any atom is -0.394 e. The van der Waals surface area contributed by atoms with Gasteiger partial charge in [0.2, 0.25) is 0 Å². The van der Waals surface area contributed by atoms with E-state index in [0.717, 1.165) is 6.07 Å². The second-order valence-electron chi connectivity index (χ2n) is 3.45. The lowest BCUT2D eigenvalue weighted by atomic mass is 10.0. The van der Waals surface area contributed by atoms with E-state index in [1.165, 1.54) is 12.1 Å². The maximum absolute atomic E-state index is 13.8. The lowest BCUT2D eigenvalue weighted by Gasteiger charge is -2.08. The first-order valence-corrected chi connectivity index (χ1v) is 5.45. The van der Waals surface area contributed by atoms with Gasteiger partial charge in [0.1, 0.15) is 11.5 Å². The number of anilines is 1. The molecule has 0 saturated carbocycles. The van der Waals surface area contributed by atoms with Crippen molar-refractivity contribution in [2.45, 2.75) is 0 Å². The van der Waals surface area contributed by atoms with Crippen molar-refractivity contribution in [3.63, 3.8) is 0 Å². The van der Waals surface area contributed by atoms with E-state index in [1.54, 1.807) is 12.1 Å². The third-order valence-corrected chi connectivity index (χ3v) is 2.90. The standard InChI is InChI=1S/C12H7Cl2F2N/c13-6-1-2-7(9(14)5-6)8-3-4-10(15)12(17)11(8)16/h1-5H,17H2. The summed E-state index contributed by atoms with van der Waals surface area (Å²) in [5, 5.41) is 0.719. The van der Waals surface area contributed by atoms with Crippen LogP contribution in [0.4, 0.5) is 14.5 Å². The molecule has 0 atom stereocenters. The molecule has 0 aromatic heterocycles. The second kappa shape index (κ2) is 4.51. The summed E-state index contributed by atoms with van der Waals surface area (Å²) in [5.74, 6) is -1.62. The summed E-state index contributed by atoms with van der Waals surface area (Å²) in [7, 11) is 0. The van der Waals surface area contributed by atoms with Crippen LogP contribution >= 0.6 is 23.2 Å². The van der Waals surface area contributed by atoms with E-state index in [1.807, 2.05) is 0 Å². The van der Waals surface area contributed by atoms with Crippen molar-refractivity contribution >= 4 is 28.9 Å². The largest absolute Gasteiger partial charge is 0.394 e. The number of rotatable bonds is 1. The maximum Gasteiger partial charge on any atom is 0.156 e. The summed E-state index contributed by atoms with van der Waals surface area (Å²) in [6.07, 6.45) is 0. The molecule has 17 heavy (non-hydrogen) atoms. The molecule has 0 aliphatic heterocycles. The van der Waals surface area contributed by atoms with Crippen LogP contribution in [0.5, 0.6) is 0 Å². The first-order chi connectivity index (χ1) is 8.00. The molecule has 2 aromatic carbocycles. The first-order valence-electron chi connectivity index (χ1n) is 4.69. The Hall–Kier alpha value is -1.32. The highest BCUT2D eigenvalue weighted by Gasteiger charge is 2.14. The molecular formula is C12H7Cl2F2N. The van der Waals surface area contributed by atoms with Gasteiger partial charge in [0.05, 0.1) is 0 Å². The number of hydrogen-bond acceptors (Lipinski definition) is 1. The van der Waals surface area contributed by atoms with Gasteiger partial charge < -0.3 is 5.73 Å². The molecule has 88 valence electrons. The van der Waals surface area contributed by atoms with Crippen molar-refractivity contribution in [2.24, 2.45) is 0 Å². The first kappa shape index (κ1) is 12.1. The summed E-state index contributed by atoms with van der Waals surface area (Å²) in [4.78, 5) is 0. The summed E-state index contributed by atoms with van der Waals surface area (Å²) in [6.45, 7) is 0. The molecule has 2 N–H and O–H groups in total. The molecule has 0 aliphatic carbocycles. The quantitative estimate of drug-likeness (QED) is 0.760. The van der Waals surface area contributed by atoms with Gasteiger partial charge in [0.15, 0.2) is 5.82 Å². The van der Waals surface area contributed by atoms with E-state index in [0.29, 0.717) is 10.6 Å². The monoisotopic (exact) mass is 273 g/mol. The van der Waals surface area contributed by atoms with Gasteiger partial charge in [-0.05, 0) is 24.3 Å². The molecule has 1 nitrogen and oxygen atoms in total. The second-order valence-corrected chi connectivity index (χ2v) is 4.29. The van der Waals surface area contributed by atoms with Gasteiger partial charge in [0.25, 0.3) is 0 Å². The maximum atomic E-state index is 13.8. The third kappa shape index (κ3) is 2.21. The molecule has 5 heteroatoms. The van der Waals surface area contributed by atoms with Crippen LogP contribution in [-0.2, 0) is 0 Å². The number of halogens is 4. The molecule has 0 radical (unpaired) electrons. The Kier molecular flexibility index (Phi) is 3.22. The van der Waals surface area contributed by atoms with Gasteiger partial charge in [-0.15, -0.1) is 0 Å². The molecule has 0 aliphatic rings. The number of nitrogens with two attached hydrogens (primary N) is 1. The Morgan fingerprint density at radius 3 is 2.24 bits per heavy atom. The predicted octanol–water partition coefficient (Wildman–Crippen LogP) is 4.52. The van der Waals surface area contributed by atoms with Crippen LogP contribution in [0.25, 0.3) is 11.1 Å².